The maximum absolute atomic E-state index is 11.6. The number of amides is 1. The van der Waals surface area contributed by atoms with Crippen molar-refractivity contribution in [2.24, 2.45) is 0 Å². The Kier molecular flexibility index (Phi) is 6.63. The Morgan fingerprint density at radius 2 is 1.50 bits per heavy atom. The monoisotopic (exact) mass is 336 g/mol. The van der Waals surface area contributed by atoms with E-state index in [9.17, 15) is 9.59 Å². The summed E-state index contributed by atoms with van der Waals surface area (Å²) in [6, 6.07) is 6.93. The number of alkyl carbamates (subject to hydrolysis) is 1. The summed E-state index contributed by atoms with van der Waals surface area (Å²) in [6.45, 7) is 12.3. The van der Waals surface area contributed by atoms with Crippen LogP contribution in [0.5, 0.6) is 5.75 Å². The van der Waals surface area contributed by atoms with E-state index in [2.05, 4.69) is 5.32 Å². The van der Waals surface area contributed by atoms with Crippen molar-refractivity contribution in [3.05, 3.63) is 36.4 Å². The molecule has 0 saturated carbocycles. The maximum atomic E-state index is 11.6. The highest BCUT2D eigenvalue weighted by atomic mass is 16.7. The minimum atomic E-state index is -0.742. The topological polar surface area (TPSA) is 73.9 Å². The Bertz CT molecular complexity index is 552. The standard InChI is InChI=1S/C18H26NO5/c1-17(2,3)23-15(20)19-12-11-13-7-9-14(10-8-13)22-16(21)24-18(4,5)6/h7-10,12H,11H2,1-6H3,(H,19,20). The zero-order valence-corrected chi connectivity index (χ0v) is 15.1. The van der Waals surface area contributed by atoms with Gasteiger partial charge in [-0.1, -0.05) is 12.1 Å². The van der Waals surface area contributed by atoms with E-state index in [-0.39, 0.29) is 0 Å². The lowest BCUT2D eigenvalue weighted by molar-refractivity contribution is 0.0206. The summed E-state index contributed by atoms with van der Waals surface area (Å²) in [7, 11) is 0. The van der Waals surface area contributed by atoms with Crippen LogP contribution in [0.2, 0.25) is 0 Å². The van der Waals surface area contributed by atoms with Gasteiger partial charge in [-0.15, -0.1) is 0 Å². The van der Waals surface area contributed by atoms with Crippen LogP contribution in [-0.4, -0.2) is 23.5 Å². The molecule has 6 nitrogen and oxygen atoms in total. The van der Waals surface area contributed by atoms with Gasteiger partial charge in [-0.3, -0.25) is 0 Å². The quantitative estimate of drug-likeness (QED) is 0.658. The molecule has 1 N–H and O–H groups in total. The first-order chi connectivity index (χ1) is 10.9. The molecule has 1 rings (SSSR count). The Hall–Kier alpha value is -2.24. The first-order valence-corrected chi connectivity index (χ1v) is 7.75. The average Bonchev–Trinajstić information content (AvgIpc) is 2.36. The minimum absolute atomic E-state index is 0.396. The molecule has 1 aromatic rings. The van der Waals surface area contributed by atoms with Gasteiger partial charge in [0.15, 0.2) is 0 Å². The number of ether oxygens (including phenoxy) is 3. The second-order valence-corrected chi connectivity index (χ2v) is 7.26. The number of benzene rings is 1. The third-order valence-electron chi connectivity index (χ3n) is 2.47. The molecule has 0 fully saturated rings. The van der Waals surface area contributed by atoms with E-state index in [1.54, 1.807) is 72.4 Å². The summed E-state index contributed by atoms with van der Waals surface area (Å²) >= 11 is 0. The van der Waals surface area contributed by atoms with Crippen molar-refractivity contribution in [3.8, 4) is 5.75 Å². The van der Waals surface area contributed by atoms with Crippen LogP contribution in [0.3, 0.4) is 0 Å². The Morgan fingerprint density at radius 3 is 2.00 bits per heavy atom. The smallest absolute Gasteiger partial charge is 0.444 e. The number of carbonyl (C=O) groups is 2. The summed E-state index contributed by atoms with van der Waals surface area (Å²) < 4.78 is 15.3. The predicted octanol–water partition coefficient (Wildman–Crippen LogP) is 4.23. The highest BCUT2D eigenvalue weighted by Gasteiger charge is 2.18. The lowest BCUT2D eigenvalue weighted by Gasteiger charge is -2.19. The molecule has 6 heteroatoms. The highest BCUT2D eigenvalue weighted by Crippen LogP contribution is 2.16. The molecule has 0 unspecified atom stereocenters. The van der Waals surface area contributed by atoms with Crippen molar-refractivity contribution >= 4 is 12.2 Å². The molecule has 0 bridgehead atoms. The molecule has 0 saturated heterocycles. The number of hydrogen-bond acceptors (Lipinski definition) is 5. The van der Waals surface area contributed by atoms with Crippen LogP contribution in [0.4, 0.5) is 9.59 Å². The third kappa shape index (κ3) is 9.02. The van der Waals surface area contributed by atoms with Crippen LogP contribution in [0, 0.1) is 6.54 Å². The summed E-state index contributed by atoms with van der Waals surface area (Å²) in [5, 5.41) is 2.57. The van der Waals surface area contributed by atoms with E-state index in [0.29, 0.717) is 12.2 Å². The highest BCUT2D eigenvalue weighted by molar-refractivity contribution is 5.68. The molecular weight excluding hydrogens is 310 g/mol. The van der Waals surface area contributed by atoms with E-state index < -0.39 is 23.5 Å². The van der Waals surface area contributed by atoms with E-state index in [0.717, 1.165) is 5.56 Å². The largest absolute Gasteiger partial charge is 0.514 e. The van der Waals surface area contributed by atoms with Gasteiger partial charge in [0.1, 0.15) is 17.0 Å². The van der Waals surface area contributed by atoms with E-state index in [4.69, 9.17) is 14.2 Å². The van der Waals surface area contributed by atoms with Gasteiger partial charge in [0, 0.05) is 0 Å². The fourth-order valence-corrected chi connectivity index (χ4v) is 1.62. The molecule has 0 atom stereocenters. The number of hydrogen-bond donors (Lipinski definition) is 1. The van der Waals surface area contributed by atoms with Crippen LogP contribution in [0.25, 0.3) is 0 Å². The van der Waals surface area contributed by atoms with Gasteiger partial charge in [0.2, 0.25) is 0 Å². The molecular formula is C18H26NO5. The summed E-state index contributed by atoms with van der Waals surface area (Å²) in [5.74, 6) is 0.396. The van der Waals surface area contributed by atoms with Crippen LogP contribution < -0.4 is 10.1 Å². The van der Waals surface area contributed by atoms with Crippen molar-refractivity contribution < 1.29 is 23.8 Å². The van der Waals surface area contributed by atoms with E-state index in [1.165, 1.54) is 0 Å². The zero-order chi connectivity index (χ0) is 18.4. The first kappa shape index (κ1) is 19.8. The molecule has 0 aliphatic heterocycles. The molecule has 1 aromatic carbocycles. The van der Waals surface area contributed by atoms with Crippen molar-refractivity contribution in [2.75, 3.05) is 0 Å². The Labute approximate surface area is 143 Å². The molecule has 1 amide bonds. The van der Waals surface area contributed by atoms with Crippen molar-refractivity contribution in [1.82, 2.24) is 5.32 Å². The van der Waals surface area contributed by atoms with Crippen molar-refractivity contribution in [2.45, 2.75) is 59.2 Å². The fraction of sp³-hybridized carbons (Fsp3) is 0.500. The molecule has 0 spiro atoms. The molecule has 0 heterocycles. The van der Waals surface area contributed by atoms with Crippen molar-refractivity contribution in [1.29, 1.82) is 0 Å². The minimum Gasteiger partial charge on any atom is -0.444 e. The normalized spacial score (nSPS) is 11.6. The molecule has 1 radical (unpaired) electrons. The maximum Gasteiger partial charge on any atom is 0.514 e. The number of rotatable bonds is 4. The van der Waals surface area contributed by atoms with Crippen LogP contribution in [0.1, 0.15) is 47.1 Å². The van der Waals surface area contributed by atoms with E-state index in [1.807, 2.05) is 0 Å². The molecule has 133 valence electrons. The van der Waals surface area contributed by atoms with Gasteiger partial charge in [-0.2, -0.15) is 0 Å². The van der Waals surface area contributed by atoms with Gasteiger partial charge >= 0.3 is 12.2 Å². The third-order valence-corrected chi connectivity index (χ3v) is 2.47. The summed E-state index contributed by atoms with van der Waals surface area (Å²) in [4.78, 5) is 23.1. The predicted molar refractivity (Wildman–Crippen MR) is 90.7 cm³/mol. The molecule has 24 heavy (non-hydrogen) atoms. The van der Waals surface area contributed by atoms with Crippen LogP contribution in [-0.2, 0) is 15.9 Å². The summed E-state index contributed by atoms with van der Waals surface area (Å²) in [6.07, 6.45) is -0.716. The lowest BCUT2D eigenvalue weighted by Crippen LogP contribution is -2.31. The van der Waals surface area contributed by atoms with Gasteiger partial charge < -0.3 is 19.5 Å². The van der Waals surface area contributed by atoms with Gasteiger partial charge in [-0.25, -0.2) is 9.59 Å². The molecule has 0 aliphatic rings. The second-order valence-electron chi connectivity index (χ2n) is 7.26. The van der Waals surface area contributed by atoms with Gasteiger partial charge in [0.05, 0.1) is 6.54 Å². The van der Waals surface area contributed by atoms with Crippen LogP contribution in [0.15, 0.2) is 24.3 Å². The van der Waals surface area contributed by atoms with Gasteiger partial charge in [0.25, 0.3) is 0 Å². The van der Waals surface area contributed by atoms with Crippen LogP contribution >= 0.6 is 0 Å². The average molecular weight is 336 g/mol. The zero-order valence-electron chi connectivity index (χ0n) is 15.1. The summed E-state index contributed by atoms with van der Waals surface area (Å²) in [5.41, 5.74) is -0.180. The molecule has 0 aromatic heterocycles. The number of nitrogens with one attached hydrogen (secondary N) is 1. The van der Waals surface area contributed by atoms with Gasteiger partial charge in [-0.05, 0) is 65.7 Å². The first-order valence-electron chi connectivity index (χ1n) is 7.75. The fourth-order valence-electron chi connectivity index (χ4n) is 1.62. The Morgan fingerprint density at radius 1 is 0.958 bits per heavy atom. The lowest BCUT2D eigenvalue weighted by atomic mass is 10.1. The number of carbonyl (C=O) groups excluding carboxylic acids is 2. The van der Waals surface area contributed by atoms with E-state index >= 15 is 0 Å². The Balaban J connectivity index is 2.40. The molecule has 0 aliphatic carbocycles. The SMILES string of the molecule is CC(C)(C)OC(=O)N[CH]Cc1ccc(OC(=O)OC(C)(C)C)cc1. The van der Waals surface area contributed by atoms with Crippen molar-refractivity contribution in [3.63, 3.8) is 0 Å². The second kappa shape index (κ2) is 8.04.